The number of carbonyl (C=O) groups is 2. The maximum Gasteiger partial charge on any atom is 0.573 e. The Morgan fingerprint density at radius 2 is 1.62 bits per heavy atom. The first-order chi connectivity index (χ1) is 20.8. The fourth-order valence-electron chi connectivity index (χ4n) is 6.22. The zero-order valence-electron chi connectivity index (χ0n) is 25.1. The maximum atomic E-state index is 14.2. The molecule has 2 heterocycles. The molecule has 248 valence electrons. The van der Waals surface area contributed by atoms with E-state index < -0.39 is 35.4 Å². The van der Waals surface area contributed by atoms with Gasteiger partial charge in [-0.05, 0) is 73.8 Å². The van der Waals surface area contributed by atoms with E-state index in [0.29, 0.717) is 35.4 Å². The fourth-order valence-corrected chi connectivity index (χ4v) is 6.47. The van der Waals surface area contributed by atoms with Crippen LogP contribution < -0.4 is 9.64 Å². The monoisotopic (exact) mass is 663 g/mol. The number of alkyl halides is 6. The Kier molecular flexibility index (Phi) is 9.94. The van der Waals surface area contributed by atoms with E-state index in [9.17, 15) is 41.0 Å². The van der Waals surface area contributed by atoms with Gasteiger partial charge < -0.3 is 24.5 Å². The van der Waals surface area contributed by atoms with Gasteiger partial charge in [0.2, 0.25) is 0 Å². The molecule has 0 aromatic heterocycles. The first-order valence-corrected chi connectivity index (χ1v) is 14.9. The second kappa shape index (κ2) is 12.9. The van der Waals surface area contributed by atoms with E-state index in [1.54, 1.807) is 26.2 Å². The molecular formula is C31H36ClF6N3O4. The van der Waals surface area contributed by atoms with Gasteiger partial charge in [-0.2, -0.15) is 13.2 Å². The van der Waals surface area contributed by atoms with E-state index in [2.05, 4.69) is 9.64 Å². The van der Waals surface area contributed by atoms with Crippen molar-refractivity contribution in [3.8, 4) is 5.75 Å². The van der Waals surface area contributed by atoms with E-state index in [4.69, 9.17) is 11.6 Å². The van der Waals surface area contributed by atoms with Crippen molar-refractivity contribution >= 4 is 29.1 Å². The molecule has 2 fully saturated rings. The van der Waals surface area contributed by atoms with Crippen molar-refractivity contribution in [3.05, 3.63) is 58.6 Å². The molecule has 2 aliphatic rings. The van der Waals surface area contributed by atoms with Crippen molar-refractivity contribution in [3.63, 3.8) is 0 Å². The number of carbonyl (C=O) groups excluding carboxylic acids is 2. The summed E-state index contributed by atoms with van der Waals surface area (Å²) in [5.74, 6) is -2.44. The number of likely N-dealkylation sites (tertiary alicyclic amines) is 1. The second-order valence-electron chi connectivity index (χ2n) is 12.4. The summed E-state index contributed by atoms with van der Waals surface area (Å²) in [5.41, 5.74) is -4.01. The topological polar surface area (TPSA) is 73.3 Å². The van der Waals surface area contributed by atoms with Crippen LogP contribution in [-0.4, -0.2) is 79.5 Å². The first-order valence-electron chi connectivity index (χ1n) is 14.5. The number of rotatable bonds is 7. The summed E-state index contributed by atoms with van der Waals surface area (Å²) < 4.78 is 84.3. The lowest BCUT2D eigenvalue weighted by atomic mass is 9.71. The third kappa shape index (κ3) is 7.79. The van der Waals surface area contributed by atoms with Crippen LogP contribution in [0.25, 0.3) is 0 Å². The average molecular weight is 664 g/mol. The van der Waals surface area contributed by atoms with E-state index in [0.717, 1.165) is 61.1 Å². The molecule has 2 aromatic carbocycles. The molecule has 0 bridgehead atoms. The van der Waals surface area contributed by atoms with Gasteiger partial charge in [0.05, 0.1) is 10.6 Å². The average Bonchev–Trinajstić information content (AvgIpc) is 2.95. The quantitative estimate of drug-likeness (QED) is 0.337. The Labute approximate surface area is 262 Å². The van der Waals surface area contributed by atoms with Gasteiger partial charge in [-0.1, -0.05) is 30.7 Å². The first kappa shape index (κ1) is 34.7. The van der Waals surface area contributed by atoms with Gasteiger partial charge in [-0.3, -0.25) is 9.59 Å². The fraction of sp³-hybridized carbons (Fsp3) is 0.548. The molecule has 0 unspecified atom stereocenters. The molecule has 0 radical (unpaired) electrons. The maximum absolute atomic E-state index is 14.2. The standard InChI is InChI=1S/C31H36ClF6N3O4/c1-28(19-20-9-13-40(14-10-20)22-7-8-24(25(32)18-22)26(42)39(2)3)11-15-41(16-12-28)27(43)29(44,30(33,34)35)21-5-4-6-23(17-21)45-31(36,37)38/h4-8,17-18,20,44H,9-16,19H2,1-3H3/t29-/m1/s1. The van der Waals surface area contributed by atoms with E-state index in [1.165, 1.54) is 4.90 Å². The van der Waals surface area contributed by atoms with Crippen LogP contribution in [0.4, 0.5) is 32.0 Å². The number of ether oxygens (including phenoxy) is 1. The number of piperidine rings is 2. The number of aliphatic hydroxyl groups is 1. The summed E-state index contributed by atoms with van der Waals surface area (Å²) in [7, 11) is 3.31. The van der Waals surface area contributed by atoms with Crippen LogP contribution in [0.15, 0.2) is 42.5 Å². The third-order valence-corrected chi connectivity index (χ3v) is 9.13. The number of nitrogens with zero attached hydrogens (tertiary/aromatic N) is 3. The van der Waals surface area contributed by atoms with Crippen LogP contribution in [0.3, 0.4) is 0 Å². The molecule has 2 saturated heterocycles. The Morgan fingerprint density at radius 1 is 1.00 bits per heavy atom. The van der Waals surface area contributed by atoms with Gasteiger partial charge in [0.1, 0.15) is 5.75 Å². The lowest BCUT2D eigenvalue weighted by molar-refractivity contribution is -0.274. The molecule has 0 spiro atoms. The van der Waals surface area contributed by atoms with E-state index >= 15 is 0 Å². The molecule has 0 saturated carbocycles. The normalized spacial score (nSPS) is 19.2. The SMILES string of the molecule is CN(C)C(=O)c1ccc(N2CCC(CC3(C)CCN(C(=O)[C@](O)(c4cccc(OC(F)(F)F)c4)C(F)(F)F)CC3)CC2)cc1Cl. The van der Waals surface area contributed by atoms with Gasteiger partial charge >= 0.3 is 12.5 Å². The highest BCUT2D eigenvalue weighted by atomic mass is 35.5. The number of anilines is 1. The minimum atomic E-state index is -5.50. The van der Waals surface area contributed by atoms with Gasteiger partial charge in [-0.25, -0.2) is 0 Å². The highest BCUT2D eigenvalue weighted by molar-refractivity contribution is 6.34. The molecule has 2 amide bonds. The summed E-state index contributed by atoms with van der Waals surface area (Å²) in [4.78, 5) is 30.1. The molecule has 2 aromatic rings. The third-order valence-electron chi connectivity index (χ3n) is 8.81. The number of hydrogen-bond acceptors (Lipinski definition) is 5. The summed E-state index contributed by atoms with van der Waals surface area (Å²) in [6, 6.07) is 8.15. The van der Waals surface area contributed by atoms with Crippen LogP contribution in [0, 0.1) is 11.3 Å². The van der Waals surface area contributed by atoms with Crippen molar-refractivity contribution < 1.29 is 45.8 Å². The van der Waals surface area contributed by atoms with Crippen LogP contribution >= 0.6 is 11.6 Å². The largest absolute Gasteiger partial charge is 0.573 e. The summed E-state index contributed by atoms with van der Waals surface area (Å²) in [6.45, 7) is 3.48. The van der Waals surface area contributed by atoms with Crippen LogP contribution in [0.2, 0.25) is 5.02 Å². The Balaban J connectivity index is 1.37. The van der Waals surface area contributed by atoms with Crippen molar-refractivity contribution in [1.82, 2.24) is 9.80 Å². The molecule has 1 atom stereocenters. The number of benzene rings is 2. The molecule has 1 N–H and O–H groups in total. The molecule has 2 aliphatic heterocycles. The summed E-state index contributed by atoms with van der Waals surface area (Å²) in [5, 5.41) is 11.1. The highest BCUT2D eigenvalue weighted by Crippen LogP contribution is 2.45. The Morgan fingerprint density at radius 3 is 2.16 bits per heavy atom. The van der Waals surface area contributed by atoms with Crippen molar-refractivity contribution in [1.29, 1.82) is 0 Å². The summed E-state index contributed by atoms with van der Waals surface area (Å²) >= 11 is 6.39. The molecule has 14 heteroatoms. The molecule has 45 heavy (non-hydrogen) atoms. The second-order valence-corrected chi connectivity index (χ2v) is 12.8. The van der Waals surface area contributed by atoms with Crippen molar-refractivity contribution in [2.75, 3.05) is 45.2 Å². The minimum Gasteiger partial charge on any atom is -0.406 e. The zero-order chi connectivity index (χ0) is 33.4. The molecule has 7 nitrogen and oxygen atoms in total. The van der Waals surface area contributed by atoms with Crippen molar-refractivity contribution in [2.45, 2.75) is 57.2 Å². The number of halogens is 7. The van der Waals surface area contributed by atoms with Crippen molar-refractivity contribution in [2.24, 2.45) is 11.3 Å². The van der Waals surface area contributed by atoms with Gasteiger partial charge in [-0.15, -0.1) is 13.2 Å². The smallest absolute Gasteiger partial charge is 0.406 e. The van der Waals surface area contributed by atoms with Crippen LogP contribution in [0.5, 0.6) is 5.75 Å². The van der Waals surface area contributed by atoms with Crippen LogP contribution in [0.1, 0.15) is 54.9 Å². The van der Waals surface area contributed by atoms with Crippen LogP contribution in [-0.2, 0) is 10.4 Å². The molecule has 4 rings (SSSR count). The Hall–Kier alpha value is -3.19. The highest BCUT2D eigenvalue weighted by Gasteiger charge is 2.62. The van der Waals surface area contributed by atoms with Gasteiger partial charge in [0.25, 0.3) is 17.4 Å². The number of hydrogen-bond donors (Lipinski definition) is 1. The van der Waals surface area contributed by atoms with E-state index in [-0.39, 0.29) is 24.4 Å². The number of amides is 2. The van der Waals surface area contributed by atoms with Gasteiger partial charge in [0, 0.05) is 51.5 Å². The lowest BCUT2D eigenvalue weighted by Crippen LogP contribution is -2.57. The van der Waals surface area contributed by atoms with E-state index in [1.807, 2.05) is 13.0 Å². The summed E-state index contributed by atoms with van der Waals surface area (Å²) in [6.07, 6.45) is -7.30. The molecular weight excluding hydrogens is 628 g/mol. The van der Waals surface area contributed by atoms with Gasteiger partial charge in [0.15, 0.2) is 0 Å². The predicted octanol–water partition coefficient (Wildman–Crippen LogP) is 6.63. The predicted molar refractivity (Wildman–Crippen MR) is 156 cm³/mol. The minimum absolute atomic E-state index is 0.0399. The molecule has 0 aliphatic carbocycles. The zero-order valence-corrected chi connectivity index (χ0v) is 25.9. The lowest BCUT2D eigenvalue weighted by Gasteiger charge is -2.45. The Bertz CT molecular complexity index is 1390.